The Kier molecular flexibility index (Phi) is 6.58. The molecule has 2 heterocycles. The van der Waals surface area contributed by atoms with Crippen molar-refractivity contribution in [2.75, 3.05) is 52.9 Å². The fourth-order valence-electron chi connectivity index (χ4n) is 3.53. The van der Waals surface area contributed by atoms with Crippen molar-refractivity contribution in [3.63, 3.8) is 0 Å². The van der Waals surface area contributed by atoms with Gasteiger partial charge in [0.25, 0.3) is 11.8 Å². The first-order chi connectivity index (χ1) is 13.1. The molecule has 27 heavy (non-hydrogen) atoms. The smallest absolute Gasteiger partial charge is 0.261 e. The van der Waals surface area contributed by atoms with Crippen LogP contribution in [0, 0.1) is 0 Å². The fourth-order valence-corrected chi connectivity index (χ4v) is 3.53. The molecule has 0 bridgehead atoms. The molecule has 0 aliphatic carbocycles. The number of nitrogens with zero attached hydrogens (tertiary/aromatic N) is 3. The Balaban J connectivity index is 1.30. The summed E-state index contributed by atoms with van der Waals surface area (Å²) in [5.74, 6) is -0.545. The highest BCUT2D eigenvalue weighted by atomic mass is 16.2. The van der Waals surface area contributed by atoms with Crippen LogP contribution in [-0.4, -0.2) is 85.3 Å². The van der Waals surface area contributed by atoms with Crippen LogP contribution in [0.5, 0.6) is 0 Å². The number of piperazine rings is 1. The van der Waals surface area contributed by atoms with Crippen molar-refractivity contribution in [1.82, 2.24) is 20.0 Å². The molecular weight excluding hydrogens is 344 g/mol. The van der Waals surface area contributed by atoms with E-state index in [2.05, 4.69) is 22.2 Å². The summed E-state index contributed by atoms with van der Waals surface area (Å²) < 4.78 is 0. The first-order valence-corrected chi connectivity index (χ1v) is 9.69. The molecule has 3 amide bonds. The lowest BCUT2D eigenvalue weighted by Crippen LogP contribution is -2.45. The molecular formula is C20H28N4O3. The molecule has 1 saturated heterocycles. The first kappa shape index (κ1) is 19.5. The van der Waals surface area contributed by atoms with Crippen molar-refractivity contribution in [1.29, 1.82) is 0 Å². The zero-order chi connectivity index (χ0) is 19.2. The Hall–Kier alpha value is -2.25. The average molecular weight is 372 g/mol. The average Bonchev–Trinajstić information content (AvgIpc) is 2.92. The molecule has 1 aromatic rings. The largest absolute Gasteiger partial charge is 0.356 e. The molecule has 3 rings (SSSR count). The zero-order valence-corrected chi connectivity index (χ0v) is 15.9. The standard InChI is InChI=1S/C20H28N4O3/c1-22-12-14-23(15-13-22)10-5-9-21-18(25)8-4-11-24-19(26)16-6-2-3-7-17(16)20(24)27/h2-3,6-7H,4-5,8-15H2,1H3,(H,21,25). The van der Waals surface area contributed by atoms with Crippen LogP contribution in [0.3, 0.4) is 0 Å². The number of carbonyl (C=O) groups excluding carboxylic acids is 3. The molecule has 7 nitrogen and oxygen atoms in total. The van der Waals surface area contributed by atoms with E-state index >= 15 is 0 Å². The number of amides is 3. The summed E-state index contributed by atoms with van der Waals surface area (Å²) in [7, 11) is 2.14. The summed E-state index contributed by atoms with van der Waals surface area (Å²) in [5.41, 5.74) is 0.909. The van der Waals surface area contributed by atoms with Gasteiger partial charge in [0.15, 0.2) is 0 Å². The van der Waals surface area contributed by atoms with E-state index in [1.807, 2.05) is 0 Å². The molecule has 0 atom stereocenters. The molecule has 0 radical (unpaired) electrons. The van der Waals surface area contributed by atoms with Gasteiger partial charge < -0.3 is 15.1 Å². The molecule has 0 aromatic heterocycles. The Morgan fingerprint density at radius 3 is 2.22 bits per heavy atom. The number of likely N-dealkylation sites (N-methyl/N-ethyl adjacent to an activating group) is 1. The molecule has 1 aromatic carbocycles. The highest BCUT2D eigenvalue weighted by Crippen LogP contribution is 2.22. The van der Waals surface area contributed by atoms with Gasteiger partial charge in [-0.2, -0.15) is 0 Å². The predicted octanol–water partition coefficient (Wildman–Crippen LogP) is 0.817. The molecule has 1 fully saturated rings. The van der Waals surface area contributed by atoms with Gasteiger partial charge in [-0.05, 0) is 38.6 Å². The lowest BCUT2D eigenvalue weighted by Gasteiger charge is -2.32. The molecule has 146 valence electrons. The van der Waals surface area contributed by atoms with E-state index < -0.39 is 0 Å². The first-order valence-electron chi connectivity index (χ1n) is 9.69. The number of hydrogen-bond donors (Lipinski definition) is 1. The van der Waals surface area contributed by atoms with Crippen LogP contribution >= 0.6 is 0 Å². The second kappa shape index (κ2) is 9.10. The van der Waals surface area contributed by atoms with E-state index in [0.717, 1.165) is 39.1 Å². The van der Waals surface area contributed by atoms with Crippen molar-refractivity contribution in [3.8, 4) is 0 Å². The summed E-state index contributed by atoms with van der Waals surface area (Å²) in [6, 6.07) is 6.84. The number of fused-ring (bicyclic) bond motifs is 1. The van der Waals surface area contributed by atoms with Crippen LogP contribution in [-0.2, 0) is 4.79 Å². The maximum absolute atomic E-state index is 12.3. The van der Waals surface area contributed by atoms with Crippen LogP contribution < -0.4 is 5.32 Å². The quantitative estimate of drug-likeness (QED) is 0.540. The zero-order valence-electron chi connectivity index (χ0n) is 15.9. The van der Waals surface area contributed by atoms with Crippen LogP contribution in [0.25, 0.3) is 0 Å². The Bertz CT molecular complexity index is 663. The second-order valence-corrected chi connectivity index (χ2v) is 7.26. The number of imide groups is 1. The minimum atomic E-state index is -0.261. The van der Waals surface area contributed by atoms with E-state index in [0.29, 0.717) is 30.5 Å². The third-order valence-electron chi connectivity index (χ3n) is 5.23. The lowest BCUT2D eigenvalue weighted by molar-refractivity contribution is -0.121. The summed E-state index contributed by atoms with van der Waals surface area (Å²) >= 11 is 0. The molecule has 1 N–H and O–H groups in total. The summed E-state index contributed by atoms with van der Waals surface area (Å²) in [4.78, 5) is 42.5. The third-order valence-corrected chi connectivity index (χ3v) is 5.23. The van der Waals surface area contributed by atoms with Crippen LogP contribution in [0.4, 0.5) is 0 Å². The van der Waals surface area contributed by atoms with Gasteiger partial charge in [0.2, 0.25) is 5.91 Å². The number of rotatable bonds is 8. The normalized spacial score (nSPS) is 18.0. The number of hydrogen-bond acceptors (Lipinski definition) is 5. The maximum Gasteiger partial charge on any atom is 0.261 e. The monoisotopic (exact) mass is 372 g/mol. The lowest BCUT2D eigenvalue weighted by atomic mass is 10.1. The summed E-state index contributed by atoms with van der Waals surface area (Å²) in [6.07, 6.45) is 1.74. The number of nitrogens with one attached hydrogen (secondary N) is 1. The fraction of sp³-hybridized carbons (Fsp3) is 0.550. The van der Waals surface area contributed by atoms with Gasteiger partial charge in [-0.15, -0.1) is 0 Å². The van der Waals surface area contributed by atoms with Gasteiger partial charge in [0, 0.05) is 45.7 Å². The third kappa shape index (κ3) is 4.93. The predicted molar refractivity (Wildman–Crippen MR) is 103 cm³/mol. The van der Waals surface area contributed by atoms with E-state index in [-0.39, 0.29) is 24.3 Å². The van der Waals surface area contributed by atoms with E-state index in [9.17, 15) is 14.4 Å². The topological polar surface area (TPSA) is 73.0 Å². The molecule has 0 spiro atoms. The SMILES string of the molecule is CN1CCN(CCCNC(=O)CCCN2C(=O)c3ccccc3C2=O)CC1. The van der Waals surface area contributed by atoms with Gasteiger partial charge in [-0.25, -0.2) is 0 Å². The van der Waals surface area contributed by atoms with Gasteiger partial charge in [-0.1, -0.05) is 12.1 Å². The molecule has 0 unspecified atom stereocenters. The van der Waals surface area contributed by atoms with Gasteiger partial charge in [0.1, 0.15) is 0 Å². The van der Waals surface area contributed by atoms with Crippen molar-refractivity contribution >= 4 is 17.7 Å². The summed E-state index contributed by atoms with van der Waals surface area (Å²) in [5, 5.41) is 2.93. The van der Waals surface area contributed by atoms with Crippen molar-refractivity contribution < 1.29 is 14.4 Å². The minimum Gasteiger partial charge on any atom is -0.356 e. The second-order valence-electron chi connectivity index (χ2n) is 7.26. The summed E-state index contributed by atoms with van der Waals surface area (Å²) in [6.45, 7) is 6.33. The highest BCUT2D eigenvalue weighted by Gasteiger charge is 2.34. The number of carbonyl (C=O) groups is 3. The van der Waals surface area contributed by atoms with Gasteiger partial charge >= 0.3 is 0 Å². The van der Waals surface area contributed by atoms with Crippen molar-refractivity contribution in [2.24, 2.45) is 0 Å². The van der Waals surface area contributed by atoms with E-state index in [4.69, 9.17) is 0 Å². The molecule has 7 heteroatoms. The van der Waals surface area contributed by atoms with E-state index in [1.165, 1.54) is 4.90 Å². The maximum atomic E-state index is 12.3. The van der Waals surface area contributed by atoms with Gasteiger partial charge in [-0.3, -0.25) is 19.3 Å². The molecule has 2 aliphatic rings. The molecule has 0 saturated carbocycles. The number of benzene rings is 1. The van der Waals surface area contributed by atoms with Crippen LogP contribution in [0.1, 0.15) is 40.0 Å². The van der Waals surface area contributed by atoms with Gasteiger partial charge in [0.05, 0.1) is 11.1 Å². The van der Waals surface area contributed by atoms with Crippen LogP contribution in [0.2, 0.25) is 0 Å². The van der Waals surface area contributed by atoms with E-state index in [1.54, 1.807) is 24.3 Å². The minimum absolute atomic E-state index is 0.0232. The Morgan fingerprint density at radius 1 is 0.963 bits per heavy atom. The highest BCUT2D eigenvalue weighted by molar-refractivity contribution is 6.21. The van der Waals surface area contributed by atoms with Crippen molar-refractivity contribution in [2.45, 2.75) is 19.3 Å². The molecule has 2 aliphatic heterocycles. The van der Waals surface area contributed by atoms with Crippen molar-refractivity contribution in [3.05, 3.63) is 35.4 Å². The Morgan fingerprint density at radius 2 is 1.59 bits per heavy atom. The Labute approximate surface area is 160 Å². The van der Waals surface area contributed by atoms with Crippen LogP contribution in [0.15, 0.2) is 24.3 Å².